The summed E-state index contributed by atoms with van der Waals surface area (Å²) in [7, 11) is -3.44. The van der Waals surface area contributed by atoms with Crippen molar-refractivity contribution >= 4 is 32.8 Å². The molecule has 0 saturated carbocycles. The van der Waals surface area contributed by atoms with Crippen molar-refractivity contribution in [1.29, 1.82) is 0 Å². The standard InChI is InChI=1S/C11H10ClNO2S2/c12-8-1-4-10(5-2-8)17(14,15)11-6-3-9(7-13)16-11/h1-6H,7,13H2. The Balaban J connectivity index is 2.46. The minimum Gasteiger partial charge on any atom is -0.326 e. The van der Waals surface area contributed by atoms with Crippen LogP contribution in [0, 0.1) is 0 Å². The van der Waals surface area contributed by atoms with E-state index in [0.29, 0.717) is 15.8 Å². The molecule has 0 unspecified atom stereocenters. The summed E-state index contributed by atoms with van der Waals surface area (Å²) in [5.41, 5.74) is 5.46. The molecule has 0 saturated heterocycles. The van der Waals surface area contributed by atoms with Crippen LogP contribution in [0.4, 0.5) is 0 Å². The highest BCUT2D eigenvalue weighted by molar-refractivity contribution is 7.93. The lowest BCUT2D eigenvalue weighted by Gasteiger charge is -2.01. The molecule has 0 radical (unpaired) electrons. The first kappa shape index (κ1) is 12.6. The van der Waals surface area contributed by atoms with Crippen LogP contribution in [0.25, 0.3) is 0 Å². The maximum Gasteiger partial charge on any atom is 0.215 e. The van der Waals surface area contributed by atoms with Crippen LogP contribution in [-0.4, -0.2) is 8.42 Å². The number of halogens is 1. The largest absolute Gasteiger partial charge is 0.326 e. The topological polar surface area (TPSA) is 60.2 Å². The molecule has 0 amide bonds. The molecule has 90 valence electrons. The second-order valence-electron chi connectivity index (χ2n) is 3.38. The zero-order valence-corrected chi connectivity index (χ0v) is 11.1. The molecule has 0 spiro atoms. The molecule has 2 rings (SSSR count). The first-order chi connectivity index (χ1) is 8.04. The van der Waals surface area contributed by atoms with Crippen LogP contribution in [0.2, 0.25) is 5.02 Å². The van der Waals surface area contributed by atoms with Gasteiger partial charge in [0.05, 0.1) is 4.90 Å². The number of nitrogens with two attached hydrogens (primary N) is 1. The van der Waals surface area contributed by atoms with E-state index in [4.69, 9.17) is 17.3 Å². The first-order valence-electron chi connectivity index (χ1n) is 4.83. The van der Waals surface area contributed by atoms with Gasteiger partial charge in [0.25, 0.3) is 0 Å². The first-order valence-corrected chi connectivity index (χ1v) is 7.51. The van der Waals surface area contributed by atoms with Gasteiger partial charge in [0, 0.05) is 16.4 Å². The molecule has 3 nitrogen and oxygen atoms in total. The maximum atomic E-state index is 12.2. The van der Waals surface area contributed by atoms with E-state index in [2.05, 4.69) is 0 Å². The molecule has 6 heteroatoms. The van der Waals surface area contributed by atoms with Gasteiger partial charge >= 0.3 is 0 Å². The minimum atomic E-state index is -3.44. The predicted octanol–water partition coefficient (Wildman–Crippen LogP) is 2.69. The van der Waals surface area contributed by atoms with E-state index in [9.17, 15) is 8.42 Å². The average Bonchev–Trinajstić information content (AvgIpc) is 2.78. The third-order valence-electron chi connectivity index (χ3n) is 2.23. The van der Waals surface area contributed by atoms with Gasteiger partial charge in [-0.3, -0.25) is 0 Å². The lowest BCUT2D eigenvalue weighted by Crippen LogP contribution is -1.99. The van der Waals surface area contributed by atoms with Crippen molar-refractivity contribution in [3.8, 4) is 0 Å². The molecule has 2 aromatic rings. The van der Waals surface area contributed by atoms with Crippen molar-refractivity contribution < 1.29 is 8.42 Å². The summed E-state index contributed by atoms with van der Waals surface area (Å²) in [6.07, 6.45) is 0. The number of benzene rings is 1. The van der Waals surface area contributed by atoms with Crippen molar-refractivity contribution in [2.75, 3.05) is 0 Å². The van der Waals surface area contributed by atoms with Crippen LogP contribution in [0.15, 0.2) is 45.5 Å². The van der Waals surface area contributed by atoms with Crippen molar-refractivity contribution in [2.45, 2.75) is 15.6 Å². The summed E-state index contributed by atoms with van der Waals surface area (Å²) >= 11 is 6.92. The second kappa shape index (κ2) is 4.78. The summed E-state index contributed by atoms with van der Waals surface area (Å²) in [6.45, 7) is 0.348. The molecule has 0 aliphatic heterocycles. The molecule has 0 fully saturated rings. The highest BCUT2D eigenvalue weighted by Crippen LogP contribution is 2.28. The number of hydrogen-bond donors (Lipinski definition) is 1. The number of hydrogen-bond acceptors (Lipinski definition) is 4. The van der Waals surface area contributed by atoms with Gasteiger partial charge in [-0.05, 0) is 36.4 Å². The molecule has 17 heavy (non-hydrogen) atoms. The summed E-state index contributed by atoms with van der Waals surface area (Å²) in [6, 6.07) is 9.43. The normalized spacial score (nSPS) is 11.6. The van der Waals surface area contributed by atoms with Gasteiger partial charge in [0.15, 0.2) is 0 Å². The maximum absolute atomic E-state index is 12.2. The van der Waals surface area contributed by atoms with Gasteiger partial charge < -0.3 is 5.73 Å². The number of thiophene rings is 1. The fraction of sp³-hybridized carbons (Fsp3) is 0.0909. The van der Waals surface area contributed by atoms with E-state index in [1.807, 2.05) is 0 Å². The Hall–Kier alpha value is -0.880. The molecule has 0 aliphatic rings. The van der Waals surface area contributed by atoms with Crippen LogP contribution < -0.4 is 5.73 Å². The van der Waals surface area contributed by atoms with Crippen LogP contribution in [0.1, 0.15) is 4.88 Å². The molecule has 2 N–H and O–H groups in total. The summed E-state index contributed by atoms with van der Waals surface area (Å²) in [4.78, 5) is 1.09. The molecule has 1 aromatic carbocycles. The smallest absolute Gasteiger partial charge is 0.215 e. The van der Waals surface area contributed by atoms with Gasteiger partial charge in [-0.2, -0.15) is 0 Å². The highest BCUT2D eigenvalue weighted by atomic mass is 35.5. The SMILES string of the molecule is NCc1ccc(S(=O)(=O)c2ccc(Cl)cc2)s1. The molecule has 0 bridgehead atoms. The van der Waals surface area contributed by atoms with Gasteiger partial charge in [-0.1, -0.05) is 11.6 Å². The summed E-state index contributed by atoms with van der Waals surface area (Å²) < 4.78 is 24.7. The molecular formula is C11H10ClNO2S2. The fourth-order valence-electron chi connectivity index (χ4n) is 1.34. The third-order valence-corrected chi connectivity index (χ3v) is 5.85. The van der Waals surface area contributed by atoms with Gasteiger partial charge in [0.1, 0.15) is 4.21 Å². The van der Waals surface area contributed by atoms with Crippen LogP contribution >= 0.6 is 22.9 Å². The van der Waals surface area contributed by atoms with Crippen LogP contribution in [0.3, 0.4) is 0 Å². The Kier molecular flexibility index (Phi) is 3.53. The molecule has 1 aromatic heterocycles. The monoisotopic (exact) mass is 287 g/mol. The second-order valence-corrected chi connectivity index (χ2v) is 7.16. The van der Waals surface area contributed by atoms with Crippen molar-refractivity contribution in [3.05, 3.63) is 46.3 Å². The molecular weight excluding hydrogens is 278 g/mol. The van der Waals surface area contributed by atoms with Crippen LogP contribution in [-0.2, 0) is 16.4 Å². The van der Waals surface area contributed by atoms with Crippen molar-refractivity contribution in [1.82, 2.24) is 0 Å². The Morgan fingerprint density at radius 3 is 2.29 bits per heavy atom. The van der Waals surface area contributed by atoms with E-state index in [1.165, 1.54) is 23.5 Å². The van der Waals surface area contributed by atoms with E-state index < -0.39 is 9.84 Å². The summed E-state index contributed by atoms with van der Waals surface area (Å²) in [5, 5.41) is 0.512. The van der Waals surface area contributed by atoms with E-state index in [-0.39, 0.29) is 4.90 Å². The van der Waals surface area contributed by atoms with Gasteiger partial charge in [0.2, 0.25) is 9.84 Å². The average molecular weight is 288 g/mol. The Labute approximate surface area is 109 Å². The van der Waals surface area contributed by atoms with E-state index in [0.717, 1.165) is 4.88 Å². The quantitative estimate of drug-likeness (QED) is 0.944. The van der Waals surface area contributed by atoms with E-state index >= 15 is 0 Å². The Morgan fingerprint density at radius 1 is 1.12 bits per heavy atom. The predicted molar refractivity (Wildman–Crippen MR) is 69.1 cm³/mol. The molecule has 1 heterocycles. The molecule has 0 aliphatic carbocycles. The highest BCUT2D eigenvalue weighted by Gasteiger charge is 2.19. The van der Waals surface area contributed by atoms with Crippen LogP contribution in [0.5, 0.6) is 0 Å². The minimum absolute atomic E-state index is 0.243. The number of rotatable bonds is 3. The van der Waals surface area contributed by atoms with Crippen molar-refractivity contribution in [2.24, 2.45) is 5.73 Å². The van der Waals surface area contributed by atoms with Gasteiger partial charge in [-0.15, -0.1) is 11.3 Å². The zero-order chi connectivity index (χ0) is 12.5. The number of sulfone groups is 1. The molecule has 0 atom stereocenters. The fourth-order valence-corrected chi connectivity index (χ4v) is 4.10. The lowest BCUT2D eigenvalue weighted by atomic mass is 10.4. The Morgan fingerprint density at radius 2 is 1.76 bits per heavy atom. The zero-order valence-electron chi connectivity index (χ0n) is 8.76. The third kappa shape index (κ3) is 2.52. The Bertz CT molecular complexity index is 617. The van der Waals surface area contributed by atoms with E-state index in [1.54, 1.807) is 24.3 Å². The summed E-state index contributed by atoms with van der Waals surface area (Å²) in [5.74, 6) is 0. The lowest BCUT2D eigenvalue weighted by molar-refractivity contribution is 0.598. The van der Waals surface area contributed by atoms with Gasteiger partial charge in [-0.25, -0.2) is 8.42 Å². The van der Waals surface area contributed by atoms with Crippen molar-refractivity contribution in [3.63, 3.8) is 0 Å².